The summed E-state index contributed by atoms with van der Waals surface area (Å²) in [5.74, 6) is -0.367. The number of nitrogens with zero attached hydrogens (tertiary/aromatic N) is 1. The Morgan fingerprint density at radius 2 is 2.00 bits per heavy atom. The first-order valence-corrected chi connectivity index (χ1v) is 7.07. The van der Waals surface area contributed by atoms with Crippen LogP contribution in [0.4, 0.5) is 0 Å². The summed E-state index contributed by atoms with van der Waals surface area (Å²) in [6.07, 6.45) is 2.37. The van der Waals surface area contributed by atoms with Crippen LogP contribution in [0.25, 0.3) is 0 Å². The molecule has 0 aliphatic carbocycles. The van der Waals surface area contributed by atoms with E-state index in [0.717, 1.165) is 12.8 Å². The third kappa shape index (κ3) is 3.69. The van der Waals surface area contributed by atoms with Crippen molar-refractivity contribution >= 4 is 11.9 Å². The van der Waals surface area contributed by atoms with Crippen LogP contribution in [-0.2, 0) is 9.59 Å². The molecular formula is C14H26N2O3. The minimum atomic E-state index is -0.908. The Balaban J connectivity index is 2.59. The van der Waals surface area contributed by atoms with Crippen molar-refractivity contribution in [3.05, 3.63) is 0 Å². The van der Waals surface area contributed by atoms with Gasteiger partial charge in [0.2, 0.25) is 5.91 Å². The molecule has 0 aromatic heterocycles. The number of rotatable bonds is 6. The van der Waals surface area contributed by atoms with Crippen LogP contribution in [0.1, 0.15) is 47.0 Å². The highest BCUT2D eigenvalue weighted by Crippen LogP contribution is 2.31. The summed E-state index contributed by atoms with van der Waals surface area (Å²) in [6.45, 7) is 9.03. The van der Waals surface area contributed by atoms with Crippen LogP contribution in [0, 0.1) is 5.92 Å². The highest BCUT2D eigenvalue weighted by atomic mass is 16.4. The third-order valence-electron chi connectivity index (χ3n) is 4.03. The summed E-state index contributed by atoms with van der Waals surface area (Å²) in [7, 11) is 0. The fraction of sp³-hybridized carbons (Fsp3) is 0.857. The van der Waals surface area contributed by atoms with E-state index in [4.69, 9.17) is 0 Å². The van der Waals surface area contributed by atoms with Crippen molar-refractivity contribution in [2.75, 3.05) is 13.1 Å². The normalized spacial score (nSPS) is 25.5. The molecule has 1 rings (SSSR count). The van der Waals surface area contributed by atoms with Crippen LogP contribution in [0.3, 0.4) is 0 Å². The van der Waals surface area contributed by atoms with E-state index in [0.29, 0.717) is 25.4 Å². The van der Waals surface area contributed by atoms with Gasteiger partial charge in [0, 0.05) is 13.1 Å². The number of likely N-dealkylation sites (tertiary alicyclic amines) is 1. The fourth-order valence-corrected chi connectivity index (χ4v) is 2.61. The topological polar surface area (TPSA) is 69.6 Å². The summed E-state index contributed by atoms with van der Waals surface area (Å²) in [5, 5.41) is 12.2. The molecule has 1 fully saturated rings. The number of carboxylic acid groups (broad SMARTS) is 1. The first-order chi connectivity index (χ1) is 8.79. The van der Waals surface area contributed by atoms with E-state index in [9.17, 15) is 14.7 Å². The molecule has 0 bridgehead atoms. The largest absolute Gasteiger partial charge is 0.480 e. The Hall–Kier alpha value is -1.10. The van der Waals surface area contributed by atoms with Crippen molar-refractivity contribution < 1.29 is 14.7 Å². The van der Waals surface area contributed by atoms with Gasteiger partial charge in [0.25, 0.3) is 0 Å². The number of hydrogen-bond donors (Lipinski definition) is 2. The molecular weight excluding hydrogens is 244 g/mol. The van der Waals surface area contributed by atoms with Gasteiger partial charge in [0.1, 0.15) is 5.54 Å². The highest BCUT2D eigenvalue weighted by Gasteiger charge is 2.46. The maximum absolute atomic E-state index is 12.1. The zero-order chi connectivity index (χ0) is 14.6. The van der Waals surface area contributed by atoms with Crippen LogP contribution in [0.15, 0.2) is 0 Å². The number of amides is 1. The number of carboxylic acids is 1. The van der Waals surface area contributed by atoms with Gasteiger partial charge in [-0.05, 0) is 39.0 Å². The molecule has 1 heterocycles. The van der Waals surface area contributed by atoms with Gasteiger partial charge in [-0.1, -0.05) is 13.8 Å². The minimum absolute atomic E-state index is 0.0741. The van der Waals surface area contributed by atoms with Crippen molar-refractivity contribution in [3.8, 4) is 0 Å². The van der Waals surface area contributed by atoms with E-state index in [1.807, 2.05) is 0 Å². The average Bonchev–Trinajstić information content (AvgIpc) is 2.71. The fourth-order valence-electron chi connectivity index (χ4n) is 2.61. The second-order valence-electron chi connectivity index (χ2n) is 6.03. The van der Waals surface area contributed by atoms with Crippen LogP contribution >= 0.6 is 0 Å². The summed E-state index contributed by atoms with van der Waals surface area (Å²) < 4.78 is 0. The number of hydrogen-bond acceptors (Lipinski definition) is 3. The lowest BCUT2D eigenvalue weighted by atomic mass is 9.98. The molecule has 110 valence electrons. The molecule has 0 saturated carbocycles. The Morgan fingerprint density at radius 3 is 2.53 bits per heavy atom. The smallest absolute Gasteiger partial charge is 0.323 e. The number of nitrogens with one attached hydrogen (secondary N) is 1. The zero-order valence-electron chi connectivity index (χ0n) is 12.4. The lowest BCUT2D eigenvalue weighted by Gasteiger charge is -2.35. The minimum Gasteiger partial charge on any atom is -0.480 e. The van der Waals surface area contributed by atoms with E-state index in [2.05, 4.69) is 19.2 Å². The average molecular weight is 270 g/mol. The van der Waals surface area contributed by atoms with Gasteiger partial charge in [-0.25, -0.2) is 0 Å². The van der Waals surface area contributed by atoms with Gasteiger partial charge >= 0.3 is 5.97 Å². The molecule has 0 aromatic carbocycles. The quantitative estimate of drug-likeness (QED) is 0.767. The second kappa shape index (κ2) is 6.37. The summed E-state index contributed by atoms with van der Waals surface area (Å²) in [4.78, 5) is 25.3. The van der Waals surface area contributed by atoms with E-state index in [1.54, 1.807) is 18.7 Å². The molecule has 19 heavy (non-hydrogen) atoms. The predicted octanol–water partition coefficient (Wildman–Crippen LogP) is 1.48. The van der Waals surface area contributed by atoms with Gasteiger partial charge in [-0.15, -0.1) is 0 Å². The Kier molecular flexibility index (Phi) is 5.35. The molecule has 0 aromatic rings. The standard InChI is InChI=1S/C14H26N2O3/c1-10(2)6-8-15-12(17)11(3)16-9-5-7-14(16,4)13(18)19/h10-11H,5-9H2,1-4H3,(H,15,17)(H,18,19). The van der Waals surface area contributed by atoms with Crippen LogP contribution < -0.4 is 5.32 Å². The van der Waals surface area contributed by atoms with Gasteiger partial charge in [0.05, 0.1) is 6.04 Å². The lowest BCUT2D eigenvalue weighted by molar-refractivity contribution is -0.151. The monoisotopic (exact) mass is 270 g/mol. The molecule has 1 aliphatic heterocycles. The molecule has 1 amide bonds. The number of carbonyl (C=O) groups is 2. The first kappa shape index (κ1) is 16.0. The molecule has 2 unspecified atom stereocenters. The van der Waals surface area contributed by atoms with Gasteiger partial charge in [-0.3, -0.25) is 14.5 Å². The molecule has 5 nitrogen and oxygen atoms in total. The Morgan fingerprint density at radius 1 is 1.37 bits per heavy atom. The third-order valence-corrected chi connectivity index (χ3v) is 4.03. The summed E-state index contributed by atoms with van der Waals surface area (Å²) in [5.41, 5.74) is -0.908. The number of aliphatic carboxylic acids is 1. The molecule has 1 saturated heterocycles. The predicted molar refractivity (Wildman–Crippen MR) is 73.9 cm³/mol. The maximum Gasteiger partial charge on any atom is 0.323 e. The van der Waals surface area contributed by atoms with E-state index in [-0.39, 0.29) is 5.91 Å². The maximum atomic E-state index is 12.1. The van der Waals surface area contributed by atoms with Crippen molar-refractivity contribution in [2.24, 2.45) is 5.92 Å². The van der Waals surface area contributed by atoms with Gasteiger partial charge in [0.15, 0.2) is 0 Å². The molecule has 5 heteroatoms. The second-order valence-corrected chi connectivity index (χ2v) is 6.03. The van der Waals surface area contributed by atoms with Crippen LogP contribution in [0.2, 0.25) is 0 Å². The van der Waals surface area contributed by atoms with Crippen molar-refractivity contribution in [3.63, 3.8) is 0 Å². The SMILES string of the molecule is CC(C)CCNC(=O)C(C)N1CCCC1(C)C(=O)O. The molecule has 1 aliphatic rings. The van der Waals surface area contributed by atoms with Crippen molar-refractivity contribution in [1.29, 1.82) is 0 Å². The first-order valence-electron chi connectivity index (χ1n) is 7.07. The zero-order valence-corrected chi connectivity index (χ0v) is 12.4. The van der Waals surface area contributed by atoms with E-state index in [1.165, 1.54) is 0 Å². The lowest BCUT2D eigenvalue weighted by Crippen LogP contribution is -2.56. The molecule has 0 radical (unpaired) electrons. The van der Waals surface area contributed by atoms with Crippen LogP contribution in [0.5, 0.6) is 0 Å². The van der Waals surface area contributed by atoms with Crippen LogP contribution in [-0.4, -0.2) is 46.6 Å². The Labute approximate surface area is 115 Å². The van der Waals surface area contributed by atoms with E-state index >= 15 is 0 Å². The van der Waals surface area contributed by atoms with Gasteiger partial charge in [-0.2, -0.15) is 0 Å². The summed E-state index contributed by atoms with van der Waals surface area (Å²) in [6, 6.07) is -0.393. The molecule has 0 spiro atoms. The van der Waals surface area contributed by atoms with Crippen molar-refractivity contribution in [2.45, 2.75) is 58.5 Å². The molecule has 2 N–H and O–H groups in total. The molecule has 2 atom stereocenters. The van der Waals surface area contributed by atoms with E-state index < -0.39 is 17.6 Å². The Bertz CT molecular complexity index is 344. The highest BCUT2D eigenvalue weighted by molar-refractivity contribution is 5.84. The summed E-state index contributed by atoms with van der Waals surface area (Å²) >= 11 is 0. The van der Waals surface area contributed by atoms with Crippen molar-refractivity contribution in [1.82, 2.24) is 10.2 Å². The number of carbonyl (C=O) groups excluding carboxylic acids is 1. The van der Waals surface area contributed by atoms with Gasteiger partial charge < -0.3 is 10.4 Å².